The third-order valence-electron chi connectivity index (χ3n) is 5.08. The monoisotopic (exact) mass is 553 g/mol. The summed E-state index contributed by atoms with van der Waals surface area (Å²) < 4.78 is 6.48. The molecule has 1 N–H and O–H groups in total. The first-order valence-corrected chi connectivity index (χ1v) is 11.3. The van der Waals surface area contributed by atoms with Crippen LogP contribution in [0.2, 0.25) is 0 Å². The highest BCUT2D eigenvalue weighted by Crippen LogP contribution is 2.22. The maximum atomic E-state index is 12.4. The second-order valence-corrected chi connectivity index (χ2v) is 8.29. The fourth-order valence-corrected chi connectivity index (χ4v) is 4.55. The van der Waals surface area contributed by atoms with Gasteiger partial charge in [-0.25, -0.2) is 4.98 Å². The van der Waals surface area contributed by atoms with E-state index in [1.807, 2.05) is 11.0 Å². The average Bonchev–Trinajstić information content (AvgIpc) is 3.45. The first-order valence-electron chi connectivity index (χ1n) is 10.4. The van der Waals surface area contributed by atoms with E-state index in [1.54, 1.807) is 23.5 Å². The summed E-state index contributed by atoms with van der Waals surface area (Å²) in [6.07, 6.45) is 3.44. The highest BCUT2D eigenvalue weighted by atomic mass is 127. The number of hydrogen-bond donors (Lipinski definition) is 1. The molecule has 166 valence electrons. The number of carbonyl (C=O) groups excluding carboxylic acids is 1. The van der Waals surface area contributed by atoms with Crippen LogP contribution in [0.1, 0.15) is 28.9 Å². The number of benzene rings is 1. The van der Waals surface area contributed by atoms with E-state index in [1.165, 1.54) is 16.0 Å². The summed E-state index contributed by atoms with van der Waals surface area (Å²) in [6.45, 7) is 6.50. The Balaban J connectivity index is 0.00000272. The van der Waals surface area contributed by atoms with Crippen molar-refractivity contribution >= 4 is 57.4 Å². The Hall–Kier alpha value is -2.14. The van der Waals surface area contributed by atoms with Crippen LogP contribution in [0.5, 0.6) is 0 Å². The first kappa shape index (κ1) is 23.5. The molecule has 3 heterocycles. The van der Waals surface area contributed by atoms with Gasteiger partial charge < -0.3 is 19.5 Å². The fraction of sp³-hybridized carbons (Fsp3) is 0.409. The number of rotatable bonds is 6. The number of para-hydroxylation sites is 1. The largest absolute Gasteiger partial charge is 0.459 e. The molecule has 7 nitrogen and oxygen atoms in total. The summed E-state index contributed by atoms with van der Waals surface area (Å²) in [7, 11) is 0. The zero-order chi connectivity index (χ0) is 20.8. The van der Waals surface area contributed by atoms with Crippen molar-refractivity contribution < 1.29 is 9.21 Å². The van der Waals surface area contributed by atoms with Crippen LogP contribution in [0.25, 0.3) is 10.2 Å². The molecular formula is C22H28IN5O2S. The van der Waals surface area contributed by atoms with Crippen molar-refractivity contribution in [3.05, 3.63) is 53.4 Å². The zero-order valence-corrected chi connectivity index (χ0v) is 20.8. The number of guanidine groups is 1. The third-order valence-corrected chi connectivity index (χ3v) is 6.18. The molecule has 0 saturated carbocycles. The smallest absolute Gasteiger partial charge is 0.289 e. The first-order chi connectivity index (χ1) is 14.7. The molecule has 3 aromatic rings. The van der Waals surface area contributed by atoms with Gasteiger partial charge in [0, 0.05) is 45.7 Å². The van der Waals surface area contributed by atoms with Crippen LogP contribution < -0.4 is 5.32 Å². The van der Waals surface area contributed by atoms with Gasteiger partial charge in [-0.15, -0.1) is 35.3 Å². The van der Waals surface area contributed by atoms with E-state index in [-0.39, 0.29) is 29.9 Å². The van der Waals surface area contributed by atoms with Crippen molar-refractivity contribution in [1.82, 2.24) is 20.1 Å². The number of piperazine rings is 1. The number of halogens is 1. The highest BCUT2D eigenvalue weighted by Gasteiger charge is 2.25. The molecule has 1 amide bonds. The van der Waals surface area contributed by atoms with Gasteiger partial charge in [-0.3, -0.25) is 9.79 Å². The molecule has 0 unspecified atom stereocenters. The normalized spacial score (nSPS) is 14.5. The number of furan rings is 1. The van der Waals surface area contributed by atoms with E-state index in [2.05, 4.69) is 35.3 Å². The van der Waals surface area contributed by atoms with Crippen LogP contribution in [0.15, 0.2) is 52.1 Å². The van der Waals surface area contributed by atoms with E-state index in [9.17, 15) is 4.79 Å². The van der Waals surface area contributed by atoms with Crippen LogP contribution in [-0.2, 0) is 6.42 Å². The van der Waals surface area contributed by atoms with Gasteiger partial charge in [-0.2, -0.15) is 0 Å². The summed E-state index contributed by atoms with van der Waals surface area (Å²) in [5.41, 5.74) is 1.08. The lowest BCUT2D eigenvalue weighted by atomic mass is 10.3. The number of fused-ring (bicyclic) bond motifs is 1. The summed E-state index contributed by atoms with van der Waals surface area (Å²) in [5, 5.41) is 4.55. The van der Waals surface area contributed by atoms with Crippen molar-refractivity contribution in [3.8, 4) is 0 Å². The van der Waals surface area contributed by atoms with Gasteiger partial charge in [0.15, 0.2) is 11.7 Å². The van der Waals surface area contributed by atoms with Gasteiger partial charge in [0.05, 0.1) is 21.5 Å². The van der Waals surface area contributed by atoms with Crippen molar-refractivity contribution in [2.75, 3.05) is 39.3 Å². The van der Waals surface area contributed by atoms with E-state index in [4.69, 9.17) is 14.4 Å². The Labute approximate surface area is 203 Å². The Kier molecular flexibility index (Phi) is 8.70. The van der Waals surface area contributed by atoms with Gasteiger partial charge in [0.1, 0.15) is 0 Å². The summed E-state index contributed by atoms with van der Waals surface area (Å²) in [5.74, 6) is 1.28. The van der Waals surface area contributed by atoms with Crippen LogP contribution in [-0.4, -0.2) is 65.9 Å². The van der Waals surface area contributed by atoms with Gasteiger partial charge in [-0.1, -0.05) is 12.1 Å². The number of hydrogen-bond acceptors (Lipinski definition) is 5. The van der Waals surface area contributed by atoms with Crippen LogP contribution in [0, 0.1) is 0 Å². The van der Waals surface area contributed by atoms with E-state index in [0.717, 1.165) is 50.5 Å². The predicted molar refractivity (Wildman–Crippen MR) is 136 cm³/mol. The van der Waals surface area contributed by atoms with Crippen molar-refractivity contribution in [3.63, 3.8) is 0 Å². The zero-order valence-electron chi connectivity index (χ0n) is 17.6. The Morgan fingerprint density at radius 3 is 2.65 bits per heavy atom. The van der Waals surface area contributed by atoms with Crippen molar-refractivity contribution in [2.24, 2.45) is 4.99 Å². The molecule has 1 fully saturated rings. The standard InChI is InChI=1S/C22H27N5O2S.HI/c1-2-23-22(24-11-5-10-20-25-17-7-3-4-9-19(17)30-20)27-14-12-26(13-15-27)21(28)18-8-6-16-29-18;/h3-4,6-9,16H,2,5,10-15H2,1H3,(H,23,24);1H. The second-order valence-electron chi connectivity index (χ2n) is 7.17. The van der Waals surface area contributed by atoms with Crippen LogP contribution >= 0.6 is 35.3 Å². The summed E-state index contributed by atoms with van der Waals surface area (Å²) in [6, 6.07) is 11.7. The molecule has 0 spiro atoms. The highest BCUT2D eigenvalue weighted by molar-refractivity contribution is 14.0. The maximum Gasteiger partial charge on any atom is 0.289 e. The number of amides is 1. The lowest BCUT2D eigenvalue weighted by molar-refractivity contribution is 0.0657. The molecule has 4 rings (SSSR count). The minimum absolute atomic E-state index is 0. The predicted octanol–water partition coefficient (Wildman–Crippen LogP) is 3.86. The summed E-state index contributed by atoms with van der Waals surface area (Å²) in [4.78, 5) is 26.0. The molecular weight excluding hydrogens is 525 g/mol. The summed E-state index contributed by atoms with van der Waals surface area (Å²) >= 11 is 1.77. The van der Waals surface area contributed by atoms with Gasteiger partial charge in [0.2, 0.25) is 0 Å². The van der Waals surface area contributed by atoms with Crippen LogP contribution in [0.4, 0.5) is 0 Å². The molecule has 9 heteroatoms. The van der Waals surface area contributed by atoms with Crippen LogP contribution in [0.3, 0.4) is 0 Å². The van der Waals surface area contributed by atoms with Gasteiger partial charge in [0.25, 0.3) is 5.91 Å². The Bertz CT molecular complexity index is 963. The second kappa shape index (κ2) is 11.5. The number of nitrogens with one attached hydrogen (secondary N) is 1. The maximum absolute atomic E-state index is 12.4. The average molecular weight is 553 g/mol. The number of nitrogens with zero attached hydrogens (tertiary/aromatic N) is 4. The topological polar surface area (TPSA) is 74.0 Å². The SMILES string of the molecule is CCNC(=NCCCc1nc2ccccc2s1)N1CCN(C(=O)c2ccco2)CC1.I. The molecule has 2 aromatic heterocycles. The number of aryl methyl sites for hydroxylation is 1. The van der Waals surface area contributed by atoms with Crippen molar-refractivity contribution in [1.29, 1.82) is 0 Å². The lowest BCUT2D eigenvalue weighted by Crippen LogP contribution is -2.53. The minimum atomic E-state index is -0.0441. The molecule has 1 saturated heterocycles. The Morgan fingerprint density at radius 2 is 1.94 bits per heavy atom. The lowest BCUT2D eigenvalue weighted by Gasteiger charge is -2.36. The molecule has 1 aromatic carbocycles. The molecule has 1 aliphatic rings. The number of aromatic nitrogens is 1. The third kappa shape index (κ3) is 5.97. The number of thiazole rings is 1. The molecule has 0 aliphatic carbocycles. The molecule has 1 aliphatic heterocycles. The minimum Gasteiger partial charge on any atom is -0.459 e. The number of aliphatic imine (C=N–C) groups is 1. The quantitative estimate of drug-likeness (QED) is 0.217. The van der Waals surface area contributed by atoms with Gasteiger partial charge >= 0.3 is 0 Å². The van der Waals surface area contributed by atoms with E-state index < -0.39 is 0 Å². The molecule has 0 bridgehead atoms. The molecule has 0 radical (unpaired) electrons. The number of carbonyl (C=O) groups is 1. The van der Waals surface area contributed by atoms with E-state index in [0.29, 0.717) is 18.8 Å². The van der Waals surface area contributed by atoms with Gasteiger partial charge in [-0.05, 0) is 37.6 Å². The Morgan fingerprint density at radius 1 is 1.16 bits per heavy atom. The fourth-order valence-electron chi connectivity index (χ4n) is 3.55. The van der Waals surface area contributed by atoms with E-state index >= 15 is 0 Å². The molecule has 0 atom stereocenters. The van der Waals surface area contributed by atoms with Crippen molar-refractivity contribution in [2.45, 2.75) is 19.8 Å². The molecule has 31 heavy (non-hydrogen) atoms.